The van der Waals surface area contributed by atoms with E-state index >= 15 is 0 Å². The van der Waals surface area contributed by atoms with Gasteiger partial charge in [-0.15, -0.1) is 0 Å². The molecule has 3 rings (SSSR count). The van der Waals surface area contributed by atoms with E-state index in [9.17, 15) is 4.79 Å². The Morgan fingerprint density at radius 1 is 1.39 bits per heavy atom. The normalized spacial score (nSPS) is 17.3. The van der Waals surface area contributed by atoms with Crippen molar-refractivity contribution in [3.8, 4) is 0 Å². The number of pyridine rings is 1. The molecule has 0 atom stereocenters. The Morgan fingerprint density at radius 2 is 2.17 bits per heavy atom. The molecule has 0 amide bonds. The minimum Gasteiger partial charge on any atom is -0.382 e. The summed E-state index contributed by atoms with van der Waals surface area (Å²) in [7, 11) is 0. The summed E-state index contributed by atoms with van der Waals surface area (Å²) in [5.41, 5.74) is 5.79. The van der Waals surface area contributed by atoms with Crippen LogP contribution in [0.25, 0.3) is 10.1 Å². The third-order valence-electron chi connectivity index (χ3n) is 3.81. The first-order valence-corrected chi connectivity index (χ1v) is 7.27. The van der Waals surface area contributed by atoms with Gasteiger partial charge in [0.05, 0.1) is 0 Å². The number of hydrogen-bond acceptors (Lipinski definition) is 4. The van der Waals surface area contributed by atoms with Crippen molar-refractivity contribution in [2.75, 3.05) is 5.73 Å². The van der Waals surface area contributed by atoms with Crippen LogP contribution in [0.5, 0.6) is 0 Å². The first-order chi connectivity index (χ1) is 8.75. The maximum Gasteiger partial charge on any atom is 0.270 e. The van der Waals surface area contributed by atoms with Gasteiger partial charge in [-0.25, -0.2) is 0 Å². The molecule has 1 aliphatic rings. The lowest BCUT2D eigenvalue weighted by Crippen LogP contribution is -2.24. The second-order valence-electron chi connectivity index (χ2n) is 5.09. The Bertz CT molecular complexity index is 610. The fourth-order valence-electron chi connectivity index (χ4n) is 2.78. The molecule has 0 radical (unpaired) electrons. The molecule has 2 aromatic rings. The molecule has 1 saturated carbocycles. The number of hydrogen-bond donors (Lipinski definition) is 1. The average Bonchev–Trinajstić information content (AvgIpc) is 2.77. The van der Waals surface area contributed by atoms with Crippen molar-refractivity contribution < 1.29 is 0 Å². The molecule has 0 spiro atoms. The number of fused-ring (bicyclic) bond motifs is 1. The highest BCUT2D eigenvalue weighted by atomic mass is 32.1. The standard InChI is InChI=1S/C13H17N3OS/c14-12-10-6-7-16(13(17)11(10)18-15-12)8-9-4-2-1-3-5-9/h6-7,9H,1-5,8H2,(H2,14,15). The molecule has 2 N–H and O–H groups in total. The molecule has 1 aliphatic carbocycles. The van der Waals surface area contributed by atoms with Crippen LogP contribution in [0.15, 0.2) is 17.1 Å². The molecular formula is C13H17N3OS. The molecule has 0 aromatic carbocycles. The van der Waals surface area contributed by atoms with Crippen LogP contribution in [0.4, 0.5) is 5.82 Å². The molecular weight excluding hydrogens is 246 g/mol. The van der Waals surface area contributed by atoms with E-state index in [-0.39, 0.29) is 5.56 Å². The number of aromatic nitrogens is 2. The zero-order valence-corrected chi connectivity index (χ0v) is 11.1. The fourth-order valence-corrected chi connectivity index (χ4v) is 3.53. The number of nitrogens with two attached hydrogens (primary N) is 1. The van der Waals surface area contributed by atoms with Crippen LogP contribution in [-0.2, 0) is 6.54 Å². The molecule has 5 heteroatoms. The third-order valence-corrected chi connectivity index (χ3v) is 4.68. The lowest BCUT2D eigenvalue weighted by Gasteiger charge is -2.22. The summed E-state index contributed by atoms with van der Waals surface area (Å²) in [6.07, 6.45) is 8.30. The Hall–Kier alpha value is -1.36. The van der Waals surface area contributed by atoms with Gasteiger partial charge in [-0.1, -0.05) is 19.3 Å². The molecule has 0 aliphatic heterocycles. The van der Waals surface area contributed by atoms with E-state index in [2.05, 4.69) is 4.37 Å². The van der Waals surface area contributed by atoms with E-state index in [0.29, 0.717) is 16.4 Å². The minimum absolute atomic E-state index is 0.0623. The Balaban J connectivity index is 1.92. The molecule has 2 aromatic heterocycles. The van der Waals surface area contributed by atoms with Crippen LogP contribution in [0.1, 0.15) is 32.1 Å². The van der Waals surface area contributed by atoms with Gasteiger partial charge in [-0.2, -0.15) is 4.37 Å². The summed E-state index contributed by atoms with van der Waals surface area (Å²) in [5.74, 6) is 1.12. The fraction of sp³-hybridized carbons (Fsp3) is 0.538. The monoisotopic (exact) mass is 263 g/mol. The van der Waals surface area contributed by atoms with Gasteiger partial charge in [0.2, 0.25) is 0 Å². The summed E-state index contributed by atoms with van der Waals surface area (Å²) in [6, 6.07) is 1.92. The van der Waals surface area contributed by atoms with Crippen molar-refractivity contribution in [1.29, 1.82) is 0 Å². The summed E-state index contributed by atoms with van der Waals surface area (Å²) in [4.78, 5) is 12.3. The Kier molecular flexibility index (Phi) is 3.07. The van der Waals surface area contributed by atoms with Gasteiger partial charge >= 0.3 is 0 Å². The molecule has 1 fully saturated rings. The number of nitrogens with zero attached hydrogens (tertiary/aromatic N) is 2. The van der Waals surface area contributed by atoms with Gasteiger partial charge in [0, 0.05) is 18.1 Å². The van der Waals surface area contributed by atoms with E-state index in [1.807, 2.05) is 16.8 Å². The predicted octanol–water partition coefficient (Wildman–Crippen LogP) is 2.62. The van der Waals surface area contributed by atoms with E-state index in [1.165, 1.54) is 43.6 Å². The van der Waals surface area contributed by atoms with E-state index in [4.69, 9.17) is 5.73 Å². The SMILES string of the molecule is Nc1nsc2c(=O)n(CC3CCCCC3)ccc12. The first-order valence-electron chi connectivity index (χ1n) is 6.50. The summed E-state index contributed by atoms with van der Waals surface area (Å²) < 4.78 is 6.57. The summed E-state index contributed by atoms with van der Waals surface area (Å²) in [6.45, 7) is 0.840. The zero-order chi connectivity index (χ0) is 12.5. The van der Waals surface area contributed by atoms with Gasteiger partial charge in [-0.05, 0) is 36.4 Å². The van der Waals surface area contributed by atoms with E-state index in [1.54, 1.807) is 0 Å². The molecule has 18 heavy (non-hydrogen) atoms. The van der Waals surface area contributed by atoms with Gasteiger partial charge in [0.15, 0.2) is 0 Å². The van der Waals surface area contributed by atoms with Gasteiger partial charge in [0.25, 0.3) is 5.56 Å². The highest BCUT2D eigenvalue weighted by molar-refractivity contribution is 7.13. The third kappa shape index (κ3) is 2.03. The van der Waals surface area contributed by atoms with Crippen molar-refractivity contribution in [1.82, 2.24) is 8.94 Å². The van der Waals surface area contributed by atoms with Crippen molar-refractivity contribution in [2.24, 2.45) is 5.92 Å². The lowest BCUT2D eigenvalue weighted by atomic mass is 9.89. The quantitative estimate of drug-likeness (QED) is 0.906. The number of nitrogen functional groups attached to an aromatic ring is 1. The zero-order valence-electron chi connectivity index (χ0n) is 10.3. The lowest BCUT2D eigenvalue weighted by molar-refractivity contribution is 0.317. The maximum atomic E-state index is 12.3. The highest BCUT2D eigenvalue weighted by Crippen LogP contribution is 2.25. The molecule has 0 unspecified atom stereocenters. The topological polar surface area (TPSA) is 60.9 Å². The average molecular weight is 263 g/mol. The van der Waals surface area contributed by atoms with Crippen molar-refractivity contribution in [3.63, 3.8) is 0 Å². The molecule has 96 valence electrons. The smallest absolute Gasteiger partial charge is 0.270 e. The van der Waals surface area contributed by atoms with E-state index in [0.717, 1.165) is 11.9 Å². The molecule has 2 heterocycles. The predicted molar refractivity (Wildman–Crippen MR) is 74.9 cm³/mol. The van der Waals surface area contributed by atoms with E-state index < -0.39 is 0 Å². The van der Waals surface area contributed by atoms with Gasteiger partial charge in [-0.3, -0.25) is 4.79 Å². The summed E-state index contributed by atoms with van der Waals surface area (Å²) in [5, 5.41) is 0.796. The molecule has 4 nitrogen and oxygen atoms in total. The minimum atomic E-state index is 0.0623. The number of rotatable bonds is 2. The maximum absolute atomic E-state index is 12.3. The van der Waals surface area contributed by atoms with Crippen LogP contribution in [0.3, 0.4) is 0 Å². The Morgan fingerprint density at radius 3 is 2.94 bits per heavy atom. The van der Waals surface area contributed by atoms with Crippen LogP contribution < -0.4 is 11.3 Å². The number of anilines is 1. The molecule has 0 bridgehead atoms. The van der Waals surface area contributed by atoms with Crippen LogP contribution in [0.2, 0.25) is 0 Å². The van der Waals surface area contributed by atoms with Crippen LogP contribution >= 0.6 is 11.5 Å². The van der Waals surface area contributed by atoms with Crippen molar-refractivity contribution in [2.45, 2.75) is 38.6 Å². The van der Waals surface area contributed by atoms with Gasteiger partial charge < -0.3 is 10.3 Å². The second-order valence-corrected chi connectivity index (χ2v) is 5.86. The molecule has 0 saturated heterocycles. The second kappa shape index (κ2) is 4.72. The van der Waals surface area contributed by atoms with Crippen molar-refractivity contribution in [3.05, 3.63) is 22.6 Å². The summed E-state index contributed by atoms with van der Waals surface area (Å²) >= 11 is 1.21. The first kappa shape index (κ1) is 11.7. The highest BCUT2D eigenvalue weighted by Gasteiger charge is 2.16. The van der Waals surface area contributed by atoms with Crippen LogP contribution in [-0.4, -0.2) is 8.94 Å². The Labute approximate surface area is 110 Å². The largest absolute Gasteiger partial charge is 0.382 e. The van der Waals surface area contributed by atoms with Crippen LogP contribution in [0, 0.1) is 5.92 Å². The van der Waals surface area contributed by atoms with Gasteiger partial charge in [0.1, 0.15) is 10.5 Å². The van der Waals surface area contributed by atoms with Crippen molar-refractivity contribution >= 4 is 27.4 Å².